The predicted octanol–water partition coefficient (Wildman–Crippen LogP) is -0.977. The maximum atomic E-state index is 11.7. The van der Waals surface area contributed by atoms with Crippen molar-refractivity contribution in [1.82, 2.24) is 10.6 Å². The molecule has 2 atom stereocenters. The maximum absolute atomic E-state index is 11.7. The molecule has 4 N–H and O–H groups in total. The van der Waals surface area contributed by atoms with Gasteiger partial charge in [0.05, 0.1) is 13.2 Å². The van der Waals surface area contributed by atoms with Crippen molar-refractivity contribution < 1.29 is 23.9 Å². The average molecular weight is 335 g/mol. The molecule has 0 saturated carbocycles. The zero-order chi connectivity index (χ0) is 17.5. The molecule has 2 amide bonds. The van der Waals surface area contributed by atoms with E-state index in [0.717, 1.165) is 0 Å². The lowest BCUT2D eigenvalue weighted by molar-refractivity contribution is -0.141. The Morgan fingerprint density at radius 1 is 1.32 bits per heavy atom. The summed E-state index contributed by atoms with van der Waals surface area (Å²) in [5.74, 6) is -1.49. The molecular formula is C13H25N3O5S. The zero-order valence-electron chi connectivity index (χ0n) is 13.1. The largest absolute Gasteiger partial charge is 0.468 e. The summed E-state index contributed by atoms with van der Waals surface area (Å²) < 4.78 is 4.37. The highest BCUT2D eigenvalue weighted by atomic mass is 32.1. The summed E-state index contributed by atoms with van der Waals surface area (Å²) in [5.41, 5.74) is 5.35. The van der Waals surface area contributed by atoms with Gasteiger partial charge < -0.3 is 25.9 Å². The number of nitrogens with two attached hydrogens (primary N) is 1. The number of aldehydes is 1. The number of ether oxygens (including phenoxy) is 1. The molecule has 0 aliphatic rings. The van der Waals surface area contributed by atoms with Gasteiger partial charge in [-0.3, -0.25) is 14.4 Å². The first-order valence-electron chi connectivity index (χ1n) is 6.90. The number of nitrogens with one attached hydrogen (secondary N) is 2. The molecule has 0 heterocycles. The van der Waals surface area contributed by atoms with Gasteiger partial charge in [-0.05, 0) is 6.42 Å². The molecule has 0 spiro atoms. The molecule has 2 unspecified atom stereocenters. The Morgan fingerprint density at radius 2 is 1.91 bits per heavy atom. The van der Waals surface area contributed by atoms with Crippen LogP contribution in [0.25, 0.3) is 0 Å². The third kappa shape index (κ3) is 11.1. The van der Waals surface area contributed by atoms with Crippen molar-refractivity contribution in [2.75, 3.05) is 19.4 Å². The number of esters is 1. The van der Waals surface area contributed by atoms with E-state index in [1.165, 1.54) is 7.11 Å². The molecule has 8 nitrogen and oxygen atoms in total. The van der Waals surface area contributed by atoms with Crippen molar-refractivity contribution in [3.05, 3.63) is 0 Å². The molecule has 0 radical (unpaired) electrons. The number of carbonyl (C=O) groups excluding carboxylic acids is 4. The second-order valence-corrected chi connectivity index (χ2v) is 4.30. The molecule has 0 aliphatic carbocycles. The second-order valence-electron chi connectivity index (χ2n) is 3.94. The lowest BCUT2D eigenvalue weighted by Crippen LogP contribution is -2.49. The standard InChI is InChI=1S/C11H19N3O5S.C2H6/c1-19-10(17)4-13-11(18)8(6-20)14-9(16)3-2-7(12)5-15;1-2/h5,7-8,20H,2-4,6,12H2,1H3,(H,13,18)(H,14,16);1-2H3. The molecule has 9 heteroatoms. The number of carbonyl (C=O) groups is 4. The number of hydrogen-bond donors (Lipinski definition) is 4. The molecular weight excluding hydrogens is 310 g/mol. The van der Waals surface area contributed by atoms with Crippen LogP contribution < -0.4 is 16.4 Å². The third-order valence-corrected chi connectivity index (χ3v) is 2.71. The predicted molar refractivity (Wildman–Crippen MR) is 85.4 cm³/mol. The van der Waals surface area contributed by atoms with E-state index in [2.05, 4.69) is 28.0 Å². The SMILES string of the molecule is CC.COC(=O)CNC(=O)C(CS)NC(=O)CCC(N)C=O. The van der Waals surface area contributed by atoms with E-state index in [0.29, 0.717) is 6.29 Å². The summed E-state index contributed by atoms with van der Waals surface area (Å²) in [4.78, 5) is 44.4. The third-order valence-electron chi connectivity index (χ3n) is 2.35. The van der Waals surface area contributed by atoms with E-state index < -0.39 is 29.9 Å². The molecule has 0 bridgehead atoms. The van der Waals surface area contributed by atoms with Crippen LogP contribution in [0.5, 0.6) is 0 Å². The summed E-state index contributed by atoms with van der Waals surface area (Å²) in [5, 5.41) is 4.74. The fourth-order valence-corrected chi connectivity index (χ4v) is 1.44. The van der Waals surface area contributed by atoms with Gasteiger partial charge in [-0.2, -0.15) is 12.6 Å². The molecule has 22 heavy (non-hydrogen) atoms. The highest BCUT2D eigenvalue weighted by molar-refractivity contribution is 7.80. The Kier molecular flexibility index (Phi) is 14.8. The maximum Gasteiger partial charge on any atom is 0.325 e. The highest BCUT2D eigenvalue weighted by Crippen LogP contribution is 1.95. The Morgan fingerprint density at radius 3 is 2.36 bits per heavy atom. The van der Waals surface area contributed by atoms with Crippen LogP contribution in [0.2, 0.25) is 0 Å². The van der Waals surface area contributed by atoms with Gasteiger partial charge >= 0.3 is 5.97 Å². The van der Waals surface area contributed by atoms with Crippen molar-refractivity contribution in [2.45, 2.75) is 38.8 Å². The second kappa shape index (κ2) is 14.3. The van der Waals surface area contributed by atoms with Crippen LogP contribution in [0.15, 0.2) is 0 Å². The van der Waals surface area contributed by atoms with E-state index in [-0.39, 0.29) is 25.1 Å². The number of methoxy groups -OCH3 is 1. The summed E-state index contributed by atoms with van der Waals surface area (Å²) in [6.45, 7) is 3.71. The molecule has 0 aromatic carbocycles. The molecule has 0 rings (SSSR count). The molecule has 0 fully saturated rings. The fourth-order valence-electron chi connectivity index (χ4n) is 1.18. The van der Waals surface area contributed by atoms with Gasteiger partial charge in [-0.25, -0.2) is 0 Å². The average Bonchev–Trinajstić information content (AvgIpc) is 2.56. The number of hydrogen-bond acceptors (Lipinski definition) is 7. The van der Waals surface area contributed by atoms with Gasteiger partial charge in [0, 0.05) is 12.2 Å². The van der Waals surface area contributed by atoms with Crippen LogP contribution in [0.4, 0.5) is 0 Å². The summed E-state index contributed by atoms with van der Waals surface area (Å²) in [7, 11) is 1.20. The van der Waals surface area contributed by atoms with Gasteiger partial charge in [-0.15, -0.1) is 0 Å². The summed E-state index contributed by atoms with van der Waals surface area (Å²) >= 11 is 3.95. The quantitative estimate of drug-likeness (QED) is 0.244. The Balaban J connectivity index is 0. The van der Waals surface area contributed by atoms with E-state index >= 15 is 0 Å². The minimum absolute atomic E-state index is 0.0223. The van der Waals surface area contributed by atoms with Crippen molar-refractivity contribution in [3.63, 3.8) is 0 Å². The molecule has 128 valence electrons. The summed E-state index contributed by atoms with van der Waals surface area (Å²) in [6, 6.07) is -1.58. The normalized spacial score (nSPS) is 12.0. The Hall–Kier alpha value is -1.61. The van der Waals surface area contributed by atoms with Crippen LogP contribution in [-0.2, 0) is 23.9 Å². The minimum Gasteiger partial charge on any atom is -0.468 e. The number of amides is 2. The van der Waals surface area contributed by atoms with E-state index in [4.69, 9.17) is 5.73 Å². The van der Waals surface area contributed by atoms with Gasteiger partial charge in [0.2, 0.25) is 11.8 Å². The van der Waals surface area contributed by atoms with Crippen molar-refractivity contribution in [3.8, 4) is 0 Å². The van der Waals surface area contributed by atoms with E-state index in [9.17, 15) is 19.2 Å². The van der Waals surface area contributed by atoms with E-state index in [1.807, 2.05) is 13.8 Å². The van der Waals surface area contributed by atoms with Crippen molar-refractivity contribution >= 4 is 36.7 Å². The summed E-state index contributed by atoms with van der Waals surface area (Å²) in [6.07, 6.45) is 0.763. The highest BCUT2D eigenvalue weighted by Gasteiger charge is 2.20. The molecule has 0 aromatic heterocycles. The molecule has 0 aliphatic heterocycles. The van der Waals surface area contributed by atoms with Crippen LogP contribution in [0.3, 0.4) is 0 Å². The first-order chi connectivity index (χ1) is 10.4. The molecule has 0 aromatic rings. The number of rotatable bonds is 9. The Labute approximate surface area is 135 Å². The Bertz CT molecular complexity index is 366. The number of thiol groups is 1. The first kappa shape index (κ1) is 22.7. The first-order valence-corrected chi connectivity index (χ1v) is 7.53. The monoisotopic (exact) mass is 335 g/mol. The zero-order valence-corrected chi connectivity index (χ0v) is 14.0. The van der Waals surface area contributed by atoms with Crippen LogP contribution in [0.1, 0.15) is 26.7 Å². The van der Waals surface area contributed by atoms with Gasteiger partial charge in [0.25, 0.3) is 0 Å². The van der Waals surface area contributed by atoms with Crippen LogP contribution >= 0.6 is 12.6 Å². The van der Waals surface area contributed by atoms with Crippen LogP contribution in [-0.4, -0.2) is 55.6 Å². The van der Waals surface area contributed by atoms with Crippen molar-refractivity contribution in [1.29, 1.82) is 0 Å². The molecule has 0 saturated heterocycles. The van der Waals surface area contributed by atoms with Crippen LogP contribution in [0, 0.1) is 0 Å². The fraction of sp³-hybridized carbons (Fsp3) is 0.692. The smallest absolute Gasteiger partial charge is 0.325 e. The lowest BCUT2D eigenvalue weighted by atomic mass is 10.2. The van der Waals surface area contributed by atoms with Crippen molar-refractivity contribution in [2.24, 2.45) is 5.73 Å². The van der Waals surface area contributed by atoms with E-state index in [1.54, 1.807) is 0 Å². The minimum atomic E-state index is -0.872. The van der Waals surface area contributed by atoms with Gasteiger partial charge in [-0.1, -0.05) is 13.8 Å². The van der Waals surface area contributed by atoms with Gasteiger partial charge in [0.15, 0.2) is 0 Å². The van der Waals surface area contributed by atoms with Gasteiger partial charge in [0.1, 0.15) is 18.9 Å². The topological polar surface area (TPSA) is 128 Å². The lowest BCUT2D eigenvalue weighted by Gasteiger charge is -2.16.